The second kappa shape index (κ2) is 4.06. The molecule has 1 aromatic heterocycles. The third-order valence-corrected chi connectivity index (χ3v) is 2.76. The second-order valence-corrected chi connectivity index (χ2v) is 4.02. The van der Waals surface area contributed by atoms with Crippen LogP contribution in [0.5, 0.6) is 0 Å². The molecular weight excluding hydrogens is 216 g/mol. The summed E-state index contributed by atoms with van der Waals surface area (Å²) in [5.74, 6) is 0. The highest BCUT2D eigenvalue weighted by atomic mass is 35.5. The third kappa shape index (κ3) is 2.21. The van der Waals surface area contributed by atoms with E-state index >= 15 is 0 Å². The molecule has 0 fully saturated rings. The predicted molar refractivity (Wildman–Crippen MR) is 56.1 cm³/mol. The van der Waals surface area contributed by atoms with E-state index in [1.807, 2.05) is 0 Å². The minimum absolute atomic E-state index is 0.169. The van der Waals surface area contributed by atoms with Crippen LogP contribution < -0.4 is 5.32 Å². The summed E-state index contributed by atoms with van der Waals surface area (Å²) < 4.78 is 0. The van der Waals surface area contributed by atoms with Crippen molar-refractivity contribution >= 4 is 17.7 Å². The van der Waals surface area contributed by atoms with Crippen molar-refractivity contribution in [3.8, 4) is 0 Å². The van der Waals surface area contributed by atoms with Crippen LogP contribution >= 0.6 is 11.6 Å². The molecule has 2 rings (SSSR count). The summed E-state index contributed by atoms with van der Waals surface area (Å²) in [6.07, 6.45) is 3.25. The summed E-state index contributed by atoms with van der Waals surface area (Å²) in [6.45, 7) is 0. The van der Waals surface area contributed by atoms with Gasteiger partial charge in [0.1, 0.15) is 0 Å². The Morgan fingerprint density at radius 1 is 1.67 bits per heavy atom. The lowest BCUT2D eigenvalue weighted by molar-refractivity contribution is 0.188. The lowest BCUT2D eigenvalue weighted by Crippen LogP contribution is -2.29. The summed E-state index contributed by atoms with van der Waals surface area (Å²) in [6, 6.07) is 1.63. The highest BCUT2D eigenvalue weighted by molar-refractivity contribution is 6.30. The molecule has 0 spiro atoms. The number of aryl methyl sites for hydroxylation is 1. The Balaban J connectivity index is 2.32. The van der Waals surface area contributed by atoms with E-state index in [9.17, 15) is 4.79 Å². The minimum Gasteiger partial charge on any atom is -0.465 e. The summed E-state index contributed by atoms with van der Waals surface area (Å²) in [7, 11) is 0. The van der Waals surface area contributed by atoms with Crippen molar-refractivity contribution < 1.29 is 9.90 Å². The zero-order valence-corrected chi connectivity index (χ0v) is 8.79. The molecule has 15 heavy (non-hydrogen) atoms. The monoisotopic (exact) mass is 226 g/mol. The highest BCUT2D eigenvalue weighted by Crippen LogP contribution is 2.29. The largest absolute Gasteiger partial charge is 0.465 e. The fourth-order valence-electron chi connectivity index (χ4n) is 1.92. The fourth-order valence-corrected chi connectivity index (χ4v) is 2.09. The van der Waals surface area contributed by atoms with Gasteiger partial charge < -0.3 is 10.4 Å². The number of carbonyl (C=O) groups is 1. The average Bonchev–Trinajstić information content (AvgIpc) is 2.18. The molecule has 0 radical (unpaired) electrons. The van der Waals surface area contributed by atoms with Crippen LogP contribution in [0.15, 0.2) is 12.3 Å². The number of hydrogen-bond acceptors (Lipinski definition) is 2. The van der Waals surface area contributed by atoms with Crippen LogP contribution in [0.25, 0.3) is 0 Å². The first-order valence-corrected chi connectivity index (χ1v) is 5.18. The first kappa shape index (κ1) is 10.2. The van der Waals surface area contributed by atoms with E-state index in [2.05, 4.69) is 10.3 Å². The first-order valence-electron chi connectivity index (χ1n) is 4.80. The average molecular weight is 227 g/mol. The van der Waals surface area contributed by atoms with Gasteiger partial charge in [-0.3, -0.25) is 4.98 Å². The standard InChI is InChI=1S/C10H11ClN2O2/c11-6-4-7-8(12-5-6)2-1-3-9(7)13-10(14)15/h4-5,9,13H,1-3H2,(H,14,15). The quantitative estimate of drug-likeness (QED) is 0.773. The molecule has 1 aliphatic carbocycles. The van der Waals surface area contributed by atoms with Gasteiger partial charge in [0.2, 0.25) is 0 Å². The van der Waals surface area contributed by atoms with Gasteiger partial charge in [0.05, 0.1) is 11.1 Å². The van der Waals surface area contributed by atoms with Crippen LogP contribution in [0.1, 0.15) is 30.1 Å². The van der Waals surface area contributed by atoms with Crippen molar-refractivity contribution in [2.24, 2.45) is 0 Å². The smallest absolute Gasteiger partial charge is 0.405 e. The summed E-state index contributed by atoms with van der Waals surface area (Å²) in [5, 5.41) is 11.7. The third-order valence-electron chi connectivity index (χ3n) is 2.55. The van der Waals surface area contributed by atoms with Gasteiger partial charge in [-0.25, -0.2) is 4.79 Å². The molecule has 1 amide bonds. The van der Waals surface area contributed by atoms with Gasteiger partial charge in [-0.2, -0.15) is 0 Å². The Morgan fingerprint density at radius 2 is 2.47 bits per heavy atom. The van der Waals surface area contributed by atoms with Gasteiger partial charge in [-0.1, -0.05) is 11.6 Å². The molecule has 1 aromatic rings. The molecule has 80 valence electrons. The number of nitrogens with zero attached hydrogens (tertiary/aromatic N) is 1. The van der Waals surface area contributed by atoms with Crippen LogP contribution in [0.2, 0.25) is 5.02 Å². The van der Waals surface area contributed by atoms with Gasteiger partial charge >= 0.3 is 6.09 Å². The van der Waals surface area contributed by atoms with Crippen molar-refractivity contribution in [2.45, 2.75) is 25.3 Å². The van der Waals surface area contributed by atoms with E-state index in [0.29, 0.717) is 5.02 Å². The van der Waals surface area contributed by atoms with Crippen molar-refractivity contribution in [1.82, 2.24) is 10.3 Å². The molecule has 1 aliphatic rings. The number of aromatic nitrogens is 1. The summed E-state index contributed by atoms with van der Waals surface area (Å²) in [4.78, 5) is 14.8. The second-order valence-electron chi connectivity index (χ2n) is 3.58. The Hall–Kier alpha value is -1.29. The molecule has 1 unspecified atom stereocenters. The maximum Gasteiger partial charge on any atom is 0.405 e. The molecule has 5 heteroatoms. The molecule has 1 atom stereocenters. The summed E-state index contributed by atoms with van der Waals surface area (Å²) in [5.41, 5.74) is 1.86. The highest BCUT2D eigenvalue weighted by Gasteiger charge is 2.22. The lowest BCUT2D eigenvalue weighted by atomic mass is 9.91. The Kier molecular flexibility index (Phi) is 2.77. The Morgan fingerprint density at radius 3 is 3.20 bits per heavy atom. The minimum atomic E-state index is -1.01. The van der Waals surface area contributed by atoms with Crippen LogP contribution in [-0.2, 0) is 6.42 Å². The van der Waals surface area contributed by atoms with Crippen LogP contribution in [0.3, 0.4) is 0 Å². The van der Waals surface area contributed by atoms with Crippen molar-refractivity contribution in [3.63, 3.8) is 0 Å². The molecular formula is C10H11ClN2O2. The molecule has 0 aromatic carbocycles. The van der Waals surface area contributed by atoms with E-state index in [-0.39, 0.29) is 6.04 Å². The number of rotatable bonds is 1. The van der Waals surface area contributed by atoms with Gasteiger partial charge in [0.15, 0.2) is 0 Å². The van der Waals surface area contributed by atoms with E-state index in [1.54, 1.807) is 12.3 Å². The van der Waals surface area contributed by atoms with Gasteiger partial charge in [-0.15, -0.1) is 0 Å². The SMILES string of the molecule is O=C(O)NC1CCCc2ncc(Cl)cc21. The molecule has 0 bridgehead atoms. The van der Waals surface area contributed by atoms with Gasteiger partial charge in [-0.05, 0) is 30.9 Å². The zero-order valence-electron chi connectivity index (χ0n) is 8.03. The molecule has 0 saturated carbocycles. The summed E-state index contributed by atoms with van der Waals surface area (Å²) >= 11 is 5.84. The van der Waals surface area contributed by atoms with E-state index < -0.39 is 6.09 Å². The van der Waals surface area contributed by atoms with Gasteiger partial charge in [0.25, 0.3) is 0 Å². The zero-order chi connectivity index (χ0) is 10.8. The first-order chi connectivity index (χ1) is 7.16. The topological polar surface area (TPSA) is 62.2 Å². The molecule has 2 N–H and O–H groups in total. The van der Waals surface area contributed by atoms with E-state index in [0.717, 1.165) is 30.5 Å². The molecule has 1 heterocycles. The number of halogens is 1. The van der Waals surface area contributed by atoms with Crippen molar-refractivity contribution in [1.29, 1.82) is 0 Å². The van der Waals surface area contributed by atoms with Crippen molar-refractivity contribution in [2.75, 3.05) is 0 Å². The van der Waals surface area contributed by atoms with Crippen LogP contribution in [-0.4, -0.2) is 16.2 Å². The fraction of sp³-hybridized carbons (Fsp3) is 0.400. The van der Waals surface area contributed by atoms with E-state index in [4.69, 9.17) is 16.7 Å². The molecule has 0 saturated heterocycles. The number of fused-ring (bicyclic) bond motifs is 1. The maximum absolute atomic E-state index is 10.6. The number of nitrogens with one attached hydrogen (secondary N) is 1. The number of pyridine rings is 1. The van der Waals surface area contributed by atoms with Crippen LogP contribution in [0.4, 0.5) is 4.79 Å². The maximum atomic E-state index is 10.6. The number of carboxylic acid groups (broad SMARTS) is 1. The van der Waals surface area contributed by atoms with Crippen LogP contribution in [0, 0.1) is 0 Å². The lowest BCUT2D eigenvalue weighted by Gasteiger charge is -2.24. The Bertz CT molecular complexity index is 395. The normalized spacial score (nSPS) is 19.4. The van der Waals surface area contributed by atoms with E-state index in [1.165, 1.54) is 0 Å². The Labute approximate surface area is 92.3 Å². The molecule has 4 nitrogen and oxygen atoms in total. The van der Waals surface area contributed by atoms with Gasteiger partial charge in [0, 0.05) is 11.9 Å². The number of amides is 1. The van der Waals surface area contributed by atoms with Crippen molar-refractivity contribution in [3.05, 3.63) is 28.5 Å². The number of hydrogen-bond donors (Lipinski definition) is 2. The predicted octanol–water partition coefficient (Wildman–Crippen LogP) is 2.38. The molecule has 0 aliphatic heterocycles.